The summed E-state index contributed by atoms with van der Waals surface area (Å²) >= 11 is 0. The Labute approximate surface area is 161 Å². The molecule has 0 saturated carbocycles. The molecule has 2 heterocycles. The molecular weight excluding hydrogens is 354 g/mol. The summed E-state index contributed by atoms with van der Waals surface area (Å²) in [5.41, 5.74) is 0.987. The number of carbonyl (C=O) groups excluding carboxylic acids is 1. The topological polar surface area (TPSA) is 81.8 Å². The molecule has 7 nitrogen and oxygen atoms in total. The van der Waals surface area contributed by atoms with Crippen LogP contribution in [0.15, 0.2) is 71.7 Å². The summed E-state index contributed by atoms with van der Waals surface area (Å²) < 4.78 is 2.79. The van der Waals surface area contributed by atoms with Crippen LogP contribution in [0.2, 0.25) is 0 Å². The molecule has 4 rings (SSSR count). The fourth-order valence-corrected chi connectivity index (χ4v) is 3.15. The van der Waals surface area contributed by atoms with E-state index in [-0.39, 0.29) is 18.1 Å². The van der Waals surface area contributed by atoms with Crippen molar-refractivity contribution in [3.63, 3.8) is 0 Å². The number of aromatic nitrogens is 4. The van der Waals surface area contributed by atoms with E-state index in [1.165, 1.54) is 9.25 Å². The Hall–Kier alpha value is -3.74. The number of carbonyl (C=O) groups is 1. The summed E-state index contributed by atoms with van der Waals surface area (Å²) in [5, 5.41) is 9.13. The lowest BCUT2D eigenvalue weighted by Gasteiger charge is -2.08. The monoisotopic (exact) mass is 373 g/mol. The van der Waals surface area contributed by atoms with E-state index in [1.807, 2.05) is 42.5 Å². The first-order valence-electron chi connectivity index (χ1n) is 8.96. The first-order valence-corrected chi connectivity index (χ1v) is 8.96. The lowest BCUT2D eigenvalue weighted by Crippen LogP contribution is -2.31. The second-order valence-corrected chi connectivity index (χ2v) is 6.39. The van der Waals surface area contributed by atoms with E-state index in [9.17, 15) is 9.59 Å². The van der Waals surface area contributed by atoms with Crippen molar-refractivity contribution >= 4 is 16.7 Å². The van der Waals surface area contributed by atoms with E-state index in [0.717, 1.165) is 10.8 Å². The highest BCUT2D eigenvalue weighted by Crippen LogP contribution is 2.18. The highest BCUT2D eigenvalue weighted by Gasteiger charge is 2.14. The second kappa shape index (κ2) is 7.48. The number of rotatable bonds is 5. The van der Waals surface area contributed by atoms with Crippen molar-refractivity contribution in [3.8, 4) is 11.5 Å². The molecular formula is C21H19N5O2. The quantitative estimate of drug-likeness (QED) is 0.582. The van der Waals surface area contributed by atoms with Gasteiger partial charge in [-0.05, 0) is 29.0 Å². The van der Waals surface area contributed by atoms with E-state index in [1.54, 1.807) is 31.4 Å². The number of benzene rings is 2. The van der Waals surface area contributed by atoms with Gasteiger partial charge < -0.3 is 5.32 Å². The molecule has 7 heteroatoms. The molecule has 4 aromatic rings. The molecule has 2 aromatic heterocycles. The molecule has 0 aliphatic rings. The zero-order valence-corrected chi connectivity index (χ0v) is 15.4. The van der Waals surface area contributed by atoms with E-state index < -0.39 is 0 Å². The van der Waals surface area contributed by atoms with Crippen molar-refractivity contribution in [2.24, 2.45) is 7.05 Å². The summed E-state index contributed by atoms with van der Waals surface area (Å²) in [6.07, 6.45) is 1.66. The van der Waals surface area contributed by atoms with Crippen LogP contribution in [0.4, 0.5) is 0 Å². The van der Waals surface area contributed by atoms with Gasteiger partial charge in [-0.15, -0.1) is 5.10 Å². The lowest BCUT2D eigenvalue weighted by atomic mass is 10.0. The minimum Gasteiger partial charge on any atom is -0.350 e. The molecule has 0 unspecified atom stereocenters. The molecule has 28 heavy (non-hydrogen) atoms. The van der Waals surface area contributed by atoms with Crippen molar-refractivity contribution in [2.75, 3.05) is 6.54 Å². The maximum atomic E-state index is 12.6. The number of hydrogen-bond donors (Lipinski definition) is 1. The number of nitrogens with zero attached hydrogens (tertiary/aromatic N) is 4. The van der Waals surface area contributed by atoms with Crippen LogP contribution in [0.5, 0.6) is 0 Å². The molecule has 1 N–H and O–H groups in total. The summed E-state index contributed by atoms with van der Waals surface area (Å²) in [6.45, 7) is 0.566. The van der Waals surface area contributed by atoms with Gasteiger partial charge in [0.2, 0.25) is 0 Å². The van der Waals surface area contributed by atoms with E-state index in [4.69, 9.17) is 0 Å². The molecule has 0 atom stereocenters. The number of hydrogen-bond acceptors (Lipinski definition) is 4. The van der Waals surface area contributed by atoms with Crippen LogP contribution in [0.3, 0.4) is 0 Å². The zero-order chi connectivity index (χ0) is 19.5. The average Bonchev–Trinajstić information content (AvgIpc) is 3.02. The van der Waals surface area contributed by atoms with E-state index in [0.29, 0.717) is 23.6 Å². The van der Waals surface area contributed by atoms with Crippen molar-refractivity contribution in [1.82, 2.24) is 24.6 Å². The first-order chi connectivity index (χ1) is 13.6. The van der Waals surface area contributed by atoms with Gasteiger partial charge in [-0.3, -0.25) is 14.3 Å². The van der Waals surface area contributed by atoms with Gasteiger partial charge in [0, 0.05) is 25.4 Å². The summed E-state index contributed by atoms with van der Waals surface area (Å²) in [5.74, 6) is 0.316. The molecule has 140 valence electrons. The van der Waals surface area contributed by atoms with Gasteiger partial charge in [-0.2, -0.15) is 0 Å². The van der Waals surface area contributed by atoms with E-state index in [2.05, 4.69) is 15.4 Å². The van der Waals surface area contributed by atoms with Crippen molar-refractivity contribution in [2.45, 2.75) is 6.54 Å². The Balaban J connectivity index is 1.48. The molecule has 1 amide bonds. The Bertz CT molecular complexity index is 1190. The van der Waals surface area contributed by atoms with Crippen LogP contribution in [0.25, 0.3) is 22.3 Å². The van der Waals surface area contributed by atoms with Gasteiger partial charge in [0.25, 0.3) is 5.91 Å². The summed E-state index contributed by atoms with van der Waals surface area (Å²) in [7, 11) is 1.66. The Morgan fingerprint density at radius 3 is 2.64 bits per heavy atom. The summed E-state index contributed by atoms with van der Waals surface area (Å²) in [4.78, 5) is 29.2. The molecule has 0 radical (unpaired) electrons. The number of amides is 1. The minimum absolute atomic E-state index is 0.175. The van der Waals surface area contributed by atoms with Gasteiger partial charge in [-0.25, -0.2) is 9.48 Å². The minimum atomic E-state index is -0.250. The fourth-order valence-electron chi connectivity index (χ4n) is 3.15. The molecule has 0 bridgehead atoms. The van der Waals surface area contributed by atoms with Crippen molar-refractivity contribution < 1.29 is 4.79 Å². The smallest absolute Gasteiger partial charge is 0.346 e. The number of nitrogens with one attached hydrogen (secondary N) is 1. The SMILES string of the molecule is Cn1c(-c2ccccn2)nn(CCNC(=O)c2cccc3ccccc23)c1=O. The average molecular weight is 373 g/mol. The molecule has 0 fully saturated rings. The third-order valence-electron chi connectivity index (χ3n) is 4.58. The van der Waals surface area contributed by atoms with Crippen LogP contribution < -0.4 is 11.0 Å². The third kappa shape index (κ3) is 3.29. The van der Waals surface area contributed by atoms with Crippen molar-refractivity contribution in [3.05, 3.63) is 82.9 Å². The third-order valence-corrected chi connectivity index (χ3v) is 4.58. The molecule has 0 spiro atoms. The highest BCUT2D eigenvalue weighted by atomic mass is 16.2. The Morgan fingerprint density at radius 1 is 1.04 bits per heavy atom. The van der Waals surface area contributed by atoms with Crippen LogP contribution in [-0.4, -0.2) is 31.8 Å². The predicted molar refractivity (Wildman–Crippen MR) is 107 cm³/mol. The van der Waals surface area contributed by atoms with Gasteiger partial charge in [0.05, 0.1) is 6.54 Å². The largest absolute Gasteiger partial charge is 0.350 e. The van der Waals surface area contributed by atoms with Gasteiger partial charge in [0.15, 0.2) is 5.82 Å². The standard InChI is InChI=1S/C21H19N5O2/c1-25-19(18-11-4-5-12-22-18)24-26(21(25)28)14-13-23-20(27)17-10-6-8-15-7-2-3-9-16(15)17/h2-12H,13-14H2,1H3,(H,23,27). The number of pyridine rings is 1. The Kier molecular flexibility index (Phi) is 4.72. The van der Waals surface area contributed by atoms with Crippen LogP contribution in [0.1, 0.15) is 10.4 Å². The van der Waals surface area contributed by atoms with Gasteiger partial charge in [-0.1, -0.05) is 42.5 Å². The second-order valence-electron chi connectivity index (χ2n) is 6.39. The first kappa shape index (κ1) is 17.7. The van der Waals surface area contributed by atoms with Crippen molar-refractivity contribution in [1.29, 1.82) is 0 Å². The fraction of sp³-hybridized carbons (Fsp3) is 0.143. The Morgan fingerprint density at radius 2 is 1.82 bits per heavy atom. The molecule has 0 aliphatic carbocycles. The maximum Gasteiger partial charge on any atom is 0.346 e. The zero-order valence-electron chi connectivity index (χ0n) is 15.4. The maximum absolute atomic E-state index is 12.6. The normalized spacial score (nSPS) is 10.9. The lowest BCUT2D eigenvalue weighted by molar-refractivity contribution is 0.0953. The van der Waals surface area contributed by atoms with E-state index >= 15 is 0 Å². The molecule has 0 aliphatic heterocycles. The predicted octanol–water partition coefficient (Wildman–Crippen LogP) is 2.23. The van der Waals surface area contributed by atoms with Crippen LogP contribution in [-0.2, 0) is 13.6 Å². The number of fused-ring (bicyclic) bond motifs is 1. The summed E-state index contributed by atoms with van der Waals surface area (Å²) in [6, 6.07) is 18.8. The van der Waals surface area contributed by atoms with Gasteiger partial charge in [0.1, 0.15) is 5.69 Å². The van der Waals surface area contributed by atoms with Crippen LogP contribution in [0, 0.1) is 0 Å². The highest BCUT2D eigenvalue weighted by molar-refractivity contribution is 6.06. The van der Waals surface area contributed by atoms with Crippen LogP contribution >= 0.6 is 0 Å². The molecule has 2 aromatic carbocycles. The van der Waals surface area contributed by atoms with Gasteiger partial charge >= 0.3 is 5.69 Å². The molecule has 0 saturated heterocycles.